The van der Waals surface area contributed by atoms with E-state index >= 15 is 0 Å². The Morgan fingerprint density at radius 1 is 1.03 bits per heavy atom. The van der Waals surface area contributed by atoms with Gasteiger partial charge in [0.05, 0.1) is 14.2 Å². The van der Waals surface area contributed by atoms with Crippen LogP contribution in [0.4, 0.5) is 0 Å². The van der Waals surface area contributed by atoms with Gasteiger partial charge in [-0.15, -0.1) is 0 Å². The van der Waals surface area contributed by atoms with Crippen molar-refractivity contribution in [3.05, 3.63) is 17.7 Å². The normalized spacial score (nSPS) is 12.3. The molecule has 0 spiro atoms. The number of carbonyl (C=O) groups excluding carboxylic acids is 1. The average molecular weight is 411 g/mol. The van der Waals surface area contributed by atoms with Crippen LogP contribution < -0.4 is 9.47 Å². The maximum Gasteiger partial charge on any atom is 0.321 e. The van der Waals surface area contributed by atoms with Crippen LogP contribution in [0.3, 0.4) is 0 Å². The summed E-state index contributed by atoms with van der Waals surface area (Å²) in [6.07, 6.45) is 4.90. The predicted molar refractivity (Wildman–Crippen MR) is 110 cm³/mol. The smallest absolute Gasteiger partial charge is 0.321 e. The molecule has 1 unspecified atom stereocenters. The zero-order valence-corrected chi connectivity index (χ0v) is 18.1. The molecule has 0 aliphatic carbocycles. The van der Waals surface area contributed by atoms with Gasteiger partial charge < -0.3 is 24.4 Å². The Kier molecular flexibility index (Phi) is 9.78. The number of aliphatic carboxylic acids is 1. The van der Waals surface area contributed by atoms with E-state index in [1.807, 2.05) is 13.8 Å². The van der Waals surface area contributed by atoms with Crippen LogP contribution in [-0.2, 0) is 20.7 Å². The largest absolute Gasteiger partial charge is 0.502 e. The van der Waals surface area contributed by atoms with Crippen LogP contribution in [0.15, 0.2) is 12.1 Å². The number of esters is 1. The average Bonchev–Trinajstić information content (AvgIpc) is 2.71. The lowest BCUT2D eigenvalue weighted by Crippen LogP contribution is -2.39. The number of phenolic OH excluding ortho intramolecular Hbond substituents is 1. The molecule has 0 aromatic heterocycles. The molecule has 0 aliphatic heterocycles. The predicted octanol–water partition coefficient (Wildman–Crippen LogP) is 4.34. The second kappa shape index (κ2) is 11.5. The first kappa shape index (κ1) is 24.6. The second-order valence-electron chi connectivity index (χ2n) is 7.21. The molecule has 29 heavy (non-hydrogen) atoms. The van der Waals surface area contributed by atoms with Crippen molar-refractivity contribution in [1.29, 1.82) is 0 Å². The highest BCUT2D eigenvalue weighted by Crippen LogP contribution is 2.38. The van der Waals surface area contributed by atoms with E-state index in [1.54, 1.807) is 0 Å². The van der Waals surface area contributed by atoms with Crippen LogP contribution in [-0.4, -0.2) is 42.0 Å². The van der Waals surface area contributed by atoms with Crippen molar-refractivity contribution >= 4 is 11.9 Å². The maximum absolute atomic E-state index is 12.8. The molecular weight excluding hydrogens is 376 g/mol. The molecule has 0 saturated heterocycles. The molecule has 0 radical (unpaired) electrons. The van der Waals surface area contributed by atoms with E-state index in [2.05, 4.69) is 6.92 Å². The SMILES string of the molecule is CCCCCC(CC)(CC)OC(=O)C(Cc1cc(OC)c(O)c(OC)c1)C(=O)O. The van der Waals surface area contributed by atoms with Gasteiger partial charge in [0.25, 0.3) is 0 Å². The molecule has 2 N–H and O–H groups in total. The lowest BCUT2D eigenvalue weighted by molar-refractivity contribution is -0.172. The fraction of sp³-hybridized carbons (Fsp3) is 0.636. The lowest BCUT2D eigenvalue weighted by atomic mass is 9.89. The maximum atomic E-state index is 12.8. The fourth-order valence-corrected chi connectivity index (χ4v) is 3.35. The third-order valence-corrected chi connectivity index (χ3v) is 5.40. The summed E-state index contributed by atoms with van der Waals surface area (Å²) in [6, 6.07) is 2.99. The summed E-state index contributed by atoms with van der Waals surface area (Å²) >= 11 is 0. The Bertz CT molecular complexity index is 655. The van der Waals surface area contributed by atoms with Crippen LogP contribution in [0.2, 0.25) is 0 Å². The third kappa shape index (κ3) is 6.54. The molecule has 7 heteroatoms. The fourth-order valence-electron chi connectivity index (χ4n) is 3.35. The molecule has 0 amide bonds. The number of phenols is 1. The Morgan fingerprint density at radius 2 is 1.59 bits per heavy atom. The number of aromatic hydroxyl groups is 1. The molecule has 7 nitrogen and oxygen atoms in total. The van der Waals surface area contributed by atoms with Gasteiger partial charge in [-0.25, -0.2) is 0 Å². The minimum absolute atomic E-state index is 0.0976. The topological polar surface area (TPSA) is 102 Å². The van der Waals surface area contributed by atoms with E-state index in [4.69, 9.17) is 14.2 Å². The zero-order valence-electron chi connectivity index (χ0n) is 18.1. The minimum atomic E-state index is -1.36. The van der Waals surface area contributed by atoms with E-state index in [0.29, 0.717) is 24.8 Å². The van der Waals surface area contributed by atoms with Crippen LogP contribution in [0.1, 0.15) is 64.9 Å². The van der Waals surface area contributed by atoms with Crippen molar-refractivity contribution in [1.82, 2.24) is 0 Å². The standard InChI is InChI=1S/C22H34O7/c1-6-9-10-11-22(7-2,8-3)29-21(26)16(20(24)25)12-15-13-17(27-4)19(23)18(14-15)28-5/h13-14,16,23H,6-12H2,1-5H3,(H,24,25). The monoisotopic (exact) mass is 410 g/mol. The third-order valence-electron chi connectivity index (χ3n) is 5.40. The first-order valence-corrected chi connectivity index (χ1v) is 10.2. The van der Waals surface area contributed by atoms with Crippen LogP contribution >= 0.6 is 0 Å². The number of methoxy groups -OCH3 is 2. The van der Waals surface area contributed by atoms with Crippen molar-refractivity contribution in [2.24, 2.45) is 5.92 Å². The highest BCUT2D eigenvalue weighted by molar-refractivity contribution is 5.94. The van der Waals surface area contributed by atoms with Crippen LogP contribution in [0, 0.1) is 5.92 Å². The van der Waals surface area contributed by atoms with Crippen molar-refractivity contribution in [3.63, 3.8) is 0 Å². The van der Waals surface area contributed by atoms with Gasteiger partial charge in [0.1, 0.15) is 5.60 Å². The van der Waals surface area contributed by atoms with E-state index in [-0.39, 0.29) is 23.7 Å². The number of carboxylic acid groups (broad SMARTS) is 1. The summed E-state index contributed by atoms with van der Waals surface area (Å²) in [5.41, 5.74) is -0.157. The van der Waals surface area contributed by atoms with Gasteiger partial charge >= 0.3 is 11.9 Å². The van der Waals surface area contributed by atoms with Gasteiger partial charge in [-0.05, 0) is 49.8 Å². The van der Waals surface area contributed by atoms with Crippen molar-refractivity contribution in [3.8, 4) is 17.2 Å². The summed E-state index contributed by atoms with van der Waals surface area (Å²) in [4.78, 5) is 24.6. The number of hydrogen-bond donors (Lipinski definition) is 2. The Hall–Kier alpha value is -2.44. The van der Waals surface area contributed by atoms with E-state index in [9.17, 15) is 19.8 Å². The van der Waals surface area contributed by atoms with Gasteiger partial charge in [-0.1, -0.05) is 33.6 Å². The Labute approximate surface area is 173 Å². The number of unbranched alkanes of at least 4 members (excludes halogenated alkanes) is 2. The molecule has 1 rings (SSSR count). The molecule has 0 bridgehead atoms. The van der Waals surface area contributed by atoms with Crippen LogP contribution in [0.5, 0.6) is 17.2 Å². The van der Waals surface area contributed by atoms with Gasteiger partial charge in [-0.3, -0.25) is 9.59 Å². The molecule has 1 aromatic carbocycles. The summed E-state index contributed by atoms with van der Waals surface area (Å²) < 4.78 is 16.0. The summed E-state index contributed by atoms with van der Waals surface area (Å²) in [5.74, 6) is -3.25. The Balaban J connectivity index is 3.08. The van der Waals surface area contributed by atoms with E-state index < -0.39 is 23.5 Å². The number of carbonyl (C=O) groups is 2. The minimum Gasteiger partial charge on any atom is -0.502 e. The zero-order chi connectivity index (χ0) is 22.0. The molecule has 1 atom stereocenters. The molecule has 0 heterocycles. The summed E-state index contributed by atoms with van der Waals surface area (Å²) in [5, 5.41) is 19.7. The van der Waals surface area contributed by atoms with Crippen molar-refractivity contribution in [2.75, 3.05) is 14.2 Å². The second-order valence-corrected chi connectivity index (χ2v) is 7.21. The van der Waals surface area contributed by atoms with E-state index in [0.717, 1.165) is 19.3 Å². The molecule has 0 saturated carbocycles. The number of benzene rings is 1. The van der Waals surface area contributed by atoms with E-state index in [1.165, 1.54) is 26.4 Å². The molecule has 1 aromatic rings. The molecule has 0 fully saturated rings. The van der Waals surface area contributed by atoms with Crippen LogP contribution in [0.25, 0.3) is 0 Å². The number of rotatable bonds is 13. The van der Waals surface area contributed by atoms with Gasteiger partial charge in [0.15, 0.2) is 17.4 Å². The highest BCUT2D eigenvalue weighted by atomic mass is 16.6. The summed E-state index contributed by atoms with van der Waals surface area (Å²) in [6.45, 7) is 6.01. The first-order chi connectivity index (χ1) is 13.8. The first-order valence-electron chi connectivity index (χ1n) is 10.2. The van der Waals surface area contributed by atoms with Gasteiger partial charge in [0.2, 0.25) is 5.75 Å². The molecular formula is C22H34O7. The highest BCUT2D eigenvalue weighted by Gasteiger charge is 2.36. The van der Waals surface area contributed by atoms with Crippen molar-refractivity contribution in [2.45, 2.75) is 71.3 Å². The molecule has 164 valence electrons. The quantitative estimate of drug-likeness (QED) is 0.283. The van der Waals surface area contributed by atoms with Gasteiger partial charge in [-0.2, -0.15) is 0 Å². The molecule has 0 aliphatic rings. The van der Waals surface area contributed by atoms with Crippen molar-refractivity contribution < 1.29 is 34.0 Å². The van der Waals surface area contributed by atoms with Gasteiger partial charge in [0, 0.05) is 0 Å². The lowest BCUT2D eigenvalue weighted by Gasteiger charge is -2.33. The number of hydrogen-bond acceptors (Lipinski definition) is 6. The number of ether oxygens (including phenoxy) is 3. The summed E-state index contributed by atoms with van der Waals surface area (Å²) in [7, 11) is 2.77. The number of carboxylic acids is 1. The Morgan fingerprint density at radius 3 is 2.00 bits per heavy atom.